The summed E-state index contributed by atoms with van der Waals surface area (Å²) >= 11 is 0. The van der Waals surface area contributed by atoms with Crippen molar-refractivity contribution in [2.75, 3.05) is 0 Å². The molecule has 4 rings (SSSR count). The first-order valence-corrected chi connectivity index (χ1v) is 13.7. The highest BCUT2D eigenvalue weighted by atomic mass is 16.3. The lowest BCUT2D eigenvalue weighted by Gasteiger charge is -2.70. The molecular weight excluding hydrogens is 408 g/mol. The van der Waals surface area contributed by atoms with Gasteiger partial charge in [-0.15, -0.1) is 0 Å². The van der Waals surface area contributed by atoms with Gasteiger partial charge >= 0.3 is 0 Å². The van der Waals surface area contributed by atoms with Gasteiger partial charge in [-0.2, -0.15) is 0 Å². The van der Waals surface area contributed by atoms with Gasteiger partial charge in [-0.1, -0.05) is 46.3 Å². The van der Waals surface area contributed by atoms with Gasteiger partial charge in [0.15, 0.2) is 0 Å². The van der Waals surface area contributed by atoms with Gasteiger partial charge < -0.3 is 10.2 Å². The van der Waals surface area contributed by atoms with Crippen LogP contribution in [-0.4, -0.2) is 27.7 Å². The molecule has 0 aromatic carbocycles. The molecule has 0 unspecified atom stereocenters. The van der Waals surface area contributed by atoms with E-state index in [0.29, 0.717) is 24.0 Å². The first-order chi connectivity index (χ1) is 15.1. The second kappa shape index (κ2) is 7.92. The molecule has 0 amide bonds. The summed E-state index contributed by atoms with van der Waals surface area (Å²) in [5.41, 5.74) is 0.492. The number of aliphatic hydroxyl groups is 2. The fourth-order valence-electron chi connectivity index (χ4n) is 10.2. The third-order valence-corrected chi connectivity index (χ3v) is 12.1. The van der Waals surface area contributed by atoms with E-state index in [1.54, 1.807) is 0 Å². The maximum absolute atomic E-state index is 12.9. The number of Topliss-reactive ketones (excluding diaryl/α,β-unsaturated/α-hetero) is 1. The molecule has 2 N–H and O–H groups in total. The van der Waals surface area contributed by atoms with E-state index in [9.17, 15) is 15.0 Å². The standard InChI is InChI=1S/C30H50O3/c1-19(2)10-9-14-30(8,33)20-11-16-28(6)21(20)18-22(31)25-27(5)15-13-24(32)26(3,4)23(27)12-17-29(25,28)7/h10,20-23,25,31,33H,9,11-18H2,1-8H3/t20-,21-,22-,23+,25-,27+,28-,29-,30+/m1/s1. The van der Waals surface area contributed by atoms with Crippen molar-refractivity contribution in [3.05, 3.63) is 11.6 Å². The third-order valence-electron chi connectivity index (χ3n) is 12.1. The number of carbonyl (C=O) groups is 1. The van der Waals surface area contributed by atoms with Crippen molar-refractivity contribution in [2.45, 2.75) is 125 Å². The molecule has 33 heavy (non-hydrogen) atoms. The molecule has 4 fully saturated rings. The molecule has 0 bridgehead atoms. The number of allylic oxidation sites excluding steroid dienone is 2. The predicted octanol–water partition coefficient (Wildman–Crippen LogP) is 6.71. The molecule has 0 saturated heterocycles. The Labute approximate surface area is 202 Å². The van der Waals surface area contributed by atoms with Crippen molar-refractivity contribution in [1.29, 1.82) is 0 Å². The van der Waals surface area contributed by atoms with E-state index >= 15 is 0 Å². The van der Waals surface area contributed by atoms with Crippen molar-refractivity contribution in [2.24, 2.45) is 45.3 Å². The van der Waals surface area contributed by atoms with Crippen LogP contribution in [0.5, 0.6) is 0 Å². The van der Waals surface area contributed by atoms with Crippen LogP contribution in [0.4, 0.5) is 0 Å². The van der Waals surface area contributed by atoms with Gasteiger partial charge in [-0.3, -0.25) is 4.79 Å². The monoisotopic (exact) mass is 458 g/mol. The maximum Gasteiger partial charge on any atom is 0.138 e. The van der Waals surface area contributed by atoms with Crippen molar-refractivity contribution in [1.82, 2.24) is 0 Å². The lowest BCUT2D eigenvalue weighted by atomic mass is 9.35. The summed E-state index contributed by atoms with van der Waals surface area (Å²) in [4.78, 5) is 12.9. The minimum absolute atomic E-state index is 0.00184. The van der Waals surface area contributed by atoms with E-state index in [4.69, 9.17) is 0 Å². The highest BCUT2D eigenvalue weighted by molar-refractivity contribution is 5.85. The normalized spacial score (nSPS) is 48.3. The van der Waals surface area contributed by atoms with Crippen LogP contribution in [0.25, 0.3) is 0 Å². The fourth-order valence-corrected chi connectivity index (χ4v) is 10.2. The summed E-state index contributed by atoms with van der Waals surface area (Å²) in [5.74, 6) is 1.59. The van der Waals surface area contributed by atoms with Crippen LogP contribution in [0.15, 0.2) is 11.6 Å². The van der Waals surface area contributed by atoms with Crippen molar-refractivity contribution >= 4 is 5.78 Å². The Kier molecular flexibility index (Phi) is 6.10. The molecule has 4 aliphatic rings. The molecule has 0 aromatic rings. The van der Waals surface area contributed by atoms with E-state index in [0.717, 1.165) is 51.4 Å². The average Bonchev–Trinajstić information content (AvgIpc) is 3.03. The van der Waals surface area contributed by atoms with E-state index in [1.807, 2.05) is 0 Å². The molecule has 4 saturated carbocycles. The van der Waals surface area contributed by atoms with Gasteiger partial charge in [0.1, 0.15) is 5.78 Å². The first-order valence-electron chi connectivity index (χ1n) is 13.7. The largest absolute Gasteiger partial charge is 0.393 e. The summed E-state index contributed by atoms with van der Waals surface area (Å²) in [6.07, 6.45) is 10.3. The van der Waals surface area contributed by atoms with Crippen LogP contribution < -0.4 is 0 Å². The number of hydrogen-bond donors (Lipinski definition) is 2. The number of aliphatic hydroxyl groups excluding tert-OH is 1. The number of fused-ring (bicyclic) bond motifs is 5. The van der Waals surface area contributed by atoms with Gasteiger partial charge in [-0.05, 0) is 112 Å². The van der Waals surface area contributed by atoms with E-state index in [-0.39, 0.29) is 39.6 Å². The Morgan fingerprint density at radius 1 is 1.06 bits per heavy atom. The Bertz CT molecular complexity index is 820. The van der Waals surface area contributed by atoms with Crippen LogP contribution in [-0.2, 0) is 4.79 Å². The smallest absolute Gasteiger partial charge is 0.138 e. The predicted molar refractivity (Wildman–Crippen MR) is 135 cm³/mol. The molecule has 0 radical (unpaired) electrons. The zero-order chi connectivity index (χ0) is 24.6. The van der Waals surface area contributed by atoms with E-state index in [2.05, 4.69) is 61.5 Å². The van der Waals surface area contributed by atoms with Crippen LogP contribution in [0, 0.1) is 45.3 Å². The van der Waals surface area contributed by atoms with Crippen LogP contribution >= 0.6 is 0 Å². The quantitative estimate of drug-likeness (QED) is 0.460. The minimum Gasteiger partial charge on any atom is -0.393 e. The molecule has 9 atom stereocenters. The van der Waals surface area contributed by atoms with E-state index in [1.165, 1.54) is 5.57 Å². The summed E-state index contributed by atoms with van der Waals surface area (Å²) in [5, 5.41) is 23.5. The van der Waals surface area contributed by atoms with Crippen LogP contribution in [0.2, 0.25) is 0 Å². The SMILES string of the molecule is CC(C)=CCC[C@](C)(O)[C@@H]1CC[C@]2(C)[C@@H]1C[C@@H](O)[C@@H]1[C@@]3(C)CCC(=O)C(C)(C)[C@@H]3CC[C@]12C. The number of hydrogen-bond acceptors (Lipinski definition) is 3. The second-order valence-electron chi connectivity index (χ2n) is 14.3. The molecule has 4 aliphatic carbocycles. The molecule has 0 aromatic heterocycles. The van der Waals surface area contributed by atoms with Gasteiger partial charge in [0.05, 0.1) is 11.7 Å². The first kappa shape index (κ1) is 25.4. The number of rotatable bonds is 4. The molecule has 3 nitrogen and oxygen atoms in total. The third kappa shape index (κ3) is 3.53. The van der Waals surface area contributed by atoms with Gasteiger partial charge in [0.2, 0.25) is 0 Å². The van der Waals surface area contributed by atoms with Crippen molar-refractivity contribution in [3.8, 4) is 0 Å². The summed E-state index contributed by atoms with van der Waals surface area (Å²) in [6, 6.07) is 0. The van der Waals surface area contributed by atoms with Crippen molar-refractivity contribution in [3.63, 3.8) is 0 Å². The summed E-state index contributed by atoms with van der Waals surface area (Å²) in [6.45, 7) is 18.0. The lowest BCUT2D eigenvalue weighted by molar-refractivity contribution is -0.241. The Hall–Kier alpha value is -0.670. The Morgan fingerprint density at radius 2 is 1.70 bits per heavy atom. The van der Waals surface area contributed by atoms with Crippen LogP contribution in [0.1, 0.15) is 113 Å². The van der Waals surface area contributed by atoms with E-state index < -0.39 is 5.60 Å². The minimum atomic E-state index is -0.697. The number of ketones is 1. The zero-order valence-corrected chi connectivity index (χ0v) is 22.6. The van der Waals surface area contributed by atoms with Gasteiger partial charge in [0.25, 0.3) is 0 Å². The Balaban J connectivity index is 1.67. The molecule has 0 heterocycles. The number of carbonyl (C=O) groups excluding carboxylic acids is 1. The maximum atomic E-state index is 12.9. The van der Waals surface area contributed by atoms with Gasteiger partial charge in [-0.25, -0.2) is 0 Å². The second-order valence-corrected chi connectivity index (χ2v) is 14.3. The topological polar surface area (TPSA) is 57.5 Å². The zero-order valence-electron chi connectivity index (χ0n) is 22.6. The highest BCUT2D eigenvalue weighted by Gasteiger charge is 2.71. The molecule has 3 heteroatoms. The average molecular weight is 459 g/mol. The van der Waals surface area contributed by atoms with Crippen LogP contribution in [0.3, 0.4) is 0 Å². The molecule has 0 spiro atoms. The lowest BCUT2D eigenvalue weighted by Crippen LogP contribution is -2.67. The highest BCUT2D eigenvalue weighted by Crippen LogP contribution is 2.75. The molecule has 188 valence electrons. The summed E-state index contributed by atoms with van der Waals surface area (Å²) < 4.78 is 0. The molecular formula is C30H50O3. The fraction of sp³-hybridized carbons (Fsp3) is 0.900. The van der Waals surface area contributed by atoms with Gasteiger partial charge in [0, 0.05) is 11.8 Å². The molecule has 0 aliphatic heterocycles. The summed E-state index contributed by atoms with van der Waals surface area (Å²) in [7, 11) is 0. The Morgan fingerprint density at radius 3 is 2.33 bits per heavy atom. The van der Waals surface area contributed by atoms with Crippen molar-refractivity contribution < 1.29 is 15.0 Å².